The van der Waals surface area contributed by atoms with Crippen LogP contribution in [0.25, 0.3) is 33.3 Å². The first kappa shape index (κ1) is 16.8. The molecule has 0 saturated heterocycles. The van der Waals surface area contributed by atoms with Gasteiger partial charge in [0.2, 0.25) is 5.91 Å². The van der Waals surface area contributed by atoms with Crippen molar-refractivity contribution in [1.29, 1.82) is 0 Å². The van der Waals surface area contributed by atoms with E-state index in [4.69, 9.17) is 15.1 Å². The third kappa shape index (κ3) is 3.37. The van der Waals surface area contributed by atoms with Gasteiger partial charge in [-0.05, 0) is 56.8 Å². The minimum atomic E-state index is -0.341. The second kappa shape index (κ2) is 6.92. The van der Waals surface area contributed by atoms with Crippen molar-refractivity contribution in [3.05, 3.63) is 66.2 Å². The summed E-state index contributed by atoms with van der Waals surface area (Å²) in [4.78, 5) is 11.1. The van der Waals surface area contributed by atoms with Crippen LogP contribution >= 0.6 is 0 Å². The SMILES string of the molecule is COc1ccc(-c2ccc(CC(N)=O)cc2)cc1-c1ccc2nonc2c1. The molecule has 0 bridgehead atoms. The lowest BCUT2D eigenvalue weighted by molar-refractivity contribution is -0.117. The van der Waals surface area contributed by atoms with E-state index in [9.17, 15) is 4.79 Å². The van der Waals surface area contributed by atoms with Gasteiger partial charge in [0.1, 0.15) is 16.8 Å². The number of fused-ring (bicyclic) bond motifs is 1. The minimum absolute atomic E-state index is 0.236. The standard InChI is InChI=1S/C21H17N3O3/c1-26-20-9-7-15(14-4-2-13(3-5-14)10-21(22)25)11-17(20)16-6-8-18-19(12-16)24-27-23-18/h2-9,11-12H,10H2,1H3,(H2,22,25). The van der Waals surface area contributed by atoms with Crippen molar-refractivity contribution in [3.8, 4) is 28.0 Å². The maximum Gasteiger partial charge on any atom is 0.221 e. The molecule has 0 unspecified atom stereocenters. The molecular formula is C21H17N3O3. The smallest absolute Gasteiger partial charge is 0.221 e. The fraction of sp³-hybridized carbons (Fsp3) is 0.0952. The zero-order valence-corrected chi connectivity index (χ0v) is 14.7. The Labute approximate surface area is 155 Å². The molecule has 134 valence electrons. The number of primary amides is 1. The second-order valence-electron chi connectivity index (χ2n) is 6.22. The quantitative estimate of drug-likeness (QED) is 0.588. The first-order valence-corrected chi connectivity index (χ1v) is 8.42. The number of nitrogens with zero attached hydrogens (tertiary/aromatic N) is 2. The van der Waals surface area contributed by atoms with Crippen molar-refractivity contribution in [3.63, 3.8) is 0 Å². The highest BCUT2D eigenvalue weighted by molar-refractivity contribution is 5.84. The van der Waals surface area contributed by atoms with E-state index in [1.807, 2.05) is 54.6 Å². The van der Waals surface area contributed by atoms with Gasteiger partial charge in [-0.25, -0.2) is 4.63 Å². The van der Waals surface area contributed by atoms with E-state index in [0.29, 0.717) is 11.0 Å². The number of hydrogen-bond donors (Lipinski definition) is 1. The molecule has 4 rings (SSSR count). The van der Waals surface area contributed by atoms with Crippen molar-refractivity contribution in [2.75, 3.05) is 7.11 Å². The molecule has 1 amide bonds. The number of amides is 1. The summed E-state index contributed by atoms with van der Waals surface area (Å²) < 4.78 is 10.3. The highest BCUT2D eigenvalue weighted by Crippen LogP contribution is 2.35. The number of aromatic nitrogens is 2. The van der Waals surface area contributed by atoms with Gasteiger partial charge in [-0.3, -0.25) is 4.79 Å². The van der Waals surface area contributed by atoms with Crippen molar-refractivity contribution in [1.82, 2.24) is 10.3 Å². The zero-order valence-electron chi connectivity index (χ0n) is 14.7. The normalized spacial score (nSPS) is 10.9. The van der Waals surface area contributed by atoms with Gasteiger partial charge in [0, 0.05) is 5.56 Å². The predicted octanol–water partition coefficient (Wildman–Crippen LogP) is 3.59. The van der Waals surface area contributed by atoms with Gasteiger partial charge in [0.05, 0.1) is 13.5 Å². The monoisotopic (exact) mass is 359 g/mol. The zero-order chi connectivity index (χ0) is 18.8. The van der Waals surface area contributed by atoms with Crippen molar-refractivity contribution >= 4 is 16.9 Å². The number of methoxy groups -OCH3 is 1. The number of hydrogen-bond acceptors (Lipinski definition) is 5. The van der Waals surface area contributed by atoms with Crippen LogP contribution in [0.15, 0.2) is 65.3 Å². The topological polar surface area (TPSA) is 91.2 Å². The maximum atomic E-state index is 11.1. The van der Waals surface area contributed by atoms with Crippen molar-refractivity contribution in [2.24, 2.45) is 5.73 Å². The lowest BCUT2D eigenvalue weighted by Gasteiger charge is -2.12. The Morgan fingerprint density at radius 2 is 1.63 bits per heavy atom. The van der Waals surface area contributed by atoms with Gasteiger partial charge in [0.25, 0.3) is 0 Å². The molecule has 0 fully saturated rings. The number of nitrogens with two attached hydrogens (primary N) is 1. The van der Waals surface area contributed by atoms with Crippen LogP contribution < -0.4 is 10.5 Å². The summed E-state index contributed by atoms with van der Waals surface area (Å²) in [6.45, 7) is 0. The summed E-state index contributed by atoms with van der Waals surface area (Å²) in [5, 5.41) is 7.75. The summed E-state index contributed by atoms with van der Waals surface area (Å²) in [6.07, 6.45) is 0.236. The average Bonchev–Trinajstić information content (AvgIpc) is 3.15. The molecule has 0 aliphatic carbocycles. The van der Waals surface area contributed by atoms with Crippen LogP contribution in [0.1, 0.15) is 5.56 Å². The molecule has 1 heterocycles. The van der Waals surface area contributed by atoms with E-state index in [0.717, 1.165) is 33.6 Å². The molecule has 6 heteroatoms. The average molecular weight is 359 g/mol. The molecule has 0 aliphatic rings. The third-order valence-electron chi connectivity index (χ3n) is 4.43. The molecule has 0 spiro atoms. The van der Waals surface area contributed by atoms with E-state index in [-0.39, 0.29) is 12.3 Å². The Morgan fingerprint density at radius 1 is 0.926 bits per heavy atom. The summed E-state index contributed by atoms with van der Waals surface area (Å²) in [7, 11) is 1.65. The van der Waals surface area contributed by atoms with Crippen LogP contribution in [0.5, 0.6) is 5.75 Å². The van der Waals surface area contributed by atoms with Crippen LogP contribution in [0.4, 0.5) is 0 Å². The Bertz CT molecular complexity index is 1120. The van der Waals surface area contributed by atoms with Crippen molar-refractivity contribution < 1.29 is 14.2 Å². The molecule has 0 aliphatic heterocycles. The second-order valence-corrected chi connectivity index (χ2v) is 6.22. The van der Waals surface area contributed by atoms with Crippen LogP contribution in [0.2, 0.25) is 0 Å². The molecule has 6 nitrogen and oxygen atoms in total. The lowest BCUT2D eigenvalue weighted by Crippen LogP contribution is -2.13. The number of ether oxygens (including phenoxy) is 1. The molecular weight excluding hydrogens is 342 g/mol. The number of benzene rings is 3. The van der Waals surface area contributed by atoms with Crippen molar-refractivity contribution in [2.45, 2.75) is 6.42 Å². The Hall–Kier alpha value is -3.67. The van der Waals surface area contributed by atoms with Crippen LogP contribution in [-0.4, -0.2) is 23.3 Å². The summed E-state index contributed by atoms with van der Waals surface area (Å²) in [6, 6.07) is 19.5. The minimum Gasteiger partial charge on any atom is -0.496 e. The molecule has 1 aromatic heterocycles. The van der Waals surface area contributed by atoms with Gasteiger partial charge in [-0.1, -0.05) is 36.4 Å². The Morgan fingerprint density at radius 3 is 2.37 bits per heavy atom. The van der Waals surface area contributed by atoms with Gasteiger partial charge in [-0.15, -0.1) is 0 Å². The van der Waals surface area contributed by atoms with Gasteiger partial charge in [0.15, 0.2) is 0 Å². The highest BCUT2D eigenvalue weighted by atomic mass is 16.6. The van der Waals surface area contributed by atoms with E-state index in [2.05, 4.69) is 16.4 Å². The summed E-state index contributed by atoms with van der Waals surface area (Å²) >= 11 is 0. The third-order valence-corrected chi connectivity index (χ3v) is 4.43. The summed E-state index contributed by atoms with van der Waals surface area (Å²) in [5.41, 5.74) is 11.5. The largest absolute Gasteiger partial charge is 0.496 e. The fourth-order valence-corrected chi connectivity index (χ4v) is 3.08. The van der Waals surface area contributed by atoms with E-state index in [1.165, 1.54) is 0 Å². The summed E-state index contributed by atoms with van der Waals surface area (Å²) in [5.74, 6) is 0.423. The van der Waals surface area contributed by atoms with Gasteiger partial charge < -0.3 is 10.5 Å². The maximum absolute atomic E-state index is 11.1. The van der Waals surface area contributed by atoms with E-state index in [1.54, 1.807) is 7.11 Å². The predicted molar refractivity (Wildman–Crippen MR) is 102 cm³/mol. The molecule has 0 radical (unpaired) electrons. The first-order chi connectivity index (χ1) is 13.1. The molecule has 4 aromatic rings. The van der Waals surface area contributed by atoms with Crippen LogP contribution in [-0.2, 0) is 11.2 Å². The molecule has 3 aromatic carbocycles. The molecule has 2 N–H and O–H groups in total. The molecule has 27 heavy (non-hydrogen) atoms. The highest BCUT2D eigenvalue weighted by Gasteiger charge is 2.11. The lowest BCUT2D eigenvalue weighted by atomic mass is 9.97. The number of rotatable bonds is 5. The number of carbonyl (C=O) groups excluding carboxylic acids is 1. The Kier molecular flexibility index (Phi) is 4.30. The van der Waals surface area contributed by atoms with E-state index < -0.39 is 0 Å². The van der Waals surface area contributed by atoms with Crippen LogP contribution in [0.3, 0.4) is 0 Å². The fourth-order valence-electron chi connectivity index (χ4n) is 3.08. The molecule has 0 atom stereocenters. The number of carbonyl (C=O) groups is 1. The van der Waals surface area contributed by atoms with Gasteiger partial charge >= 0.3 is 0 Å². The van der Waals surface area contributed by atoms with Gasteiger partial charge in [-0.2, -0.15) is 0 Å². The van der Waals surface area contributed by atoms with Crippen LogP contribution in [0, 0.1) is 0 Å². The molecule has 0 saturated carbocycles. The Balaban J connectivity index is 1.75. The first-order valence-electron chi connectivity index (χ1n) is 8.42. The van der Waals surface area contributed by atoms with E-state index >= 15 is 0 Å².